The third-order valence-corrected chi connectivity index (χ3v) is 11.7. The molecule has 3 fully saturated rings. The van der Waals surface area contributed by atoms with Gasteiger partial charge >= 0.3 is 6.01 Å². The van der Waals surface area contributed by atoms with Crippen LogP contribution in [0.4, 0.5) is 0 Å². The van der Waals surface area contributed by atoms with Crippen LogP contribution in [0.15, 0.2) is 30.3 Å². The van der Waals surface area contributed by atoms with Crippen LogP contribution >= 0.6 is 11.6 Å². The van der Waals surface area contributed by atoms with Gasteiger partial charge in [0, 0.05) is 26.3 Å². The van der Waals surface area contributed by atoms with Crippen LogP contribution in [0.2, 0.25) is 43.8 Å². The molecule has 0 spiro atoms. The van der Waals surface area contributed by atoms with E-state index in [1.807, 2.05) is 10.6 Å². The van der Waals surface area contributed by atoms with Crippen molar-refractivity contribution in [2.75, 3.05) is 19.8 Å². The molecule has 2 aliphatic heterocycles. The molecular formula is C32H46ClN4O5Si2. The Morgan fingerprint density at radius 1 is 1.00 bits per heavy atom. The molecule has 9 nitrogen and oxygen atoms in total. The fraction of sp³-hybridized carbons (Fsp3) is 0.625. The van der Waals surface area contributed by atoms with Gasteiger partial charge in [0.1, 0.15) is 24.5 Å². The normalized spacial score (nSPS) is 27.4. The van der Waals surface area contributed by atoms with Crippen LogP contribution in [-0.4, -0.2) is 81.9 Å². The summed E-state index contributed by atoms with van der Waals surface area (Å²) in [5.74, 6) is 0.556. The highest BCUT2D eigenvalue weighted by molar-refractivity contribution is 6.76. The average molecular weight is 658 g/mol. The summed E-state index contributed by atoms with van der Waals surface area (Å²) in [5.41, 5.74) is 10.5. The zero-order chi connectivity index (χ0) is 31.0. The highest BCUT2D eigenvalue weighted by Gasteiger charge is 2.50. The predicted octanol–water partition coefficient (Wildman–Crippen LogP) is 6.23. The topological polar surface area (TPSA) is 103 Å². The van der Waals surface area contributed by atoms with E-state index in [1.165, 1.54) is 5.56 Å². The van der Waals surface area contributed by atoms with Crippen molar-refractivity contribution in [1.29, 1.82) is 0 Å². The van der Waals surface area contributed by atoms with E-state index in [1.54, 1.807) is 0 Å². The van der Waals surface area contributed by atoms with E-state index in [0.717, 1.165) is 37.3 Å². The number of benzene rings is 1. The molecule has 2 saturated heterocycles. The maximum absolute atomic E-state index is 6.84. The Morgan fingerprint density at radius 2 is 1.68 bits per heavy atom. The first-order valence-corrected chi connectivity index (χ1v) is 22.4. The number of hydrogen-bond acceptors (Lipinski definition) is 8. The molecule has 1 aliphatic carbocycles. The Hall–Kier alpha value is -1.84. The van der Waals surface area contributed by atoms with Crippen molar-refractivity contribution < 1.29 is 23.4 Å². The van der Waals surface area contributed by atoms with Gasteiger partial charge in [-0.3, -0.25) is 4.57 Å². The van der Waals surface area contributed by atoms with E-state index >= 15 is 0 Å². The van der Waals surface area contributed by atoms with Crippen LogP contribution in [0.3, 0.4) is 0 Å². The summed E-state index contributed by atoms with van der Waals surface area (Å²) in [7, 11) is -2.13. The number of fused-ring (bicyclic) bond motifs is 2. The number of rotatable bonds is 11. The second-order valence-electron chi connectivity index (χ2n) is 13.9. The van der Waals surface area contributed by atoms with Crippen LogP contribution in [0.1, 0.15) is 37.2 Å². The van der Waals surface area contributed by atoms with Crippen molar-refractivity contribution in [2.45, 2.75) is 108 Å². The Morgan fingerprint density at radius 3 is 2.36 bits per heavy atom. The van der Waals surface area contributed by atoms with Gasteiger partial charge in [0.15, 0.2) is 11.8 Å². The zero-order valence-corrected chi connectivity index (χ0v) is 29.3. The Balaban J connectivity index is 1.26. The first kappa shape index (κ1) is 32.1. The quantitative estimate of drug-likeness (QED) is 0.191. The lowest BCUT2D eigenvalue weighted by atomic mass is 9.82. The molecule has 4 heterocycles. The van der Waals surface area contributed by atoms with E-state index in [-0.39, 0.29) is 31.1 Å². The van der Waals surface area contributed by atoms with Gasteiger partial charge in [0.05, 0.1) is 30.0 Å². The molecule has 1 aromatic carbocycles. The first-order valence-electron chi connectivity index (χ1n) is 15.9. The fourth-order valence-corrected chi connectivity index (χ4v) is 8.20. The molecule has 6 rings (SSSR count). The minimum absolute atomic E-state index is 0.0636. The van der Waals surface area contributed by atoms with Crippen molar-refractivity contribution in [1.82, 2.24) is 14.5 Å². The number of hydrogen-bond donors (Lipinski definition) is 1. The van der Waals surface area contributed by atoms with Crippen molar-refractivity contribution >= 4 is 39.9 Å². The van der Waals surface area contributed by atoms with Gasteiger partial charge in [0.2, 0.25) is 9.04 Å². The van der Waals surface area contributed by atoms with E-state index in [2.05, 4.69) is 57.0 Å². The van der Waals surface area contributed by atoms with E-state index in [4.69, 9.17) is 50.7 Å². The Labute approximate surface area is 268 Å². The standard InChI is InChI=1S/C32H46ClN4O5Si2/c1-43(2)42-27-18-40-29-26(17-39-30(27)29)41-32-35-25-16-24(33)28(36-31(25)37(32)19-38-14-15-44(3,4)5)22-8-6-20(7-9-22)21-10-12-23(34)13-11-21/h6-9,16,21,23,26-27,29-30H,10-15,17-19,34H2,1-5H3. The lowest BCUT2D eigenvalue weighted by Crippen LogP contribution is -2.37. The number of halogens is 1. The number of pyridine rings is 1. The SMILES string of the molecule is C[Si](C)OC1COC2C(Oc3nc4cc(Cl)c(-c5ccc(C6CCC(N)CC6)cc5)nc4n3COCC[Si](C)(C)C)COC12. The van der Waals surface area contributed by atoms with Gasteiger partial charge in [-0.2, -0.15) is 4.98 Å². The maximum Gasteiger partial charge on any atom is 0.301 e. The Kier molecular flexibility index (Phi) is 9.85. The van der Waals surface area contributed by atoms with Gasteiger partial charge in [-0.1, -0.05) is 55.5 Å². The molecule has 12 heteroatoms. The molecule has 1 radical (unpaired) electrons. The van der Waals surface area contributed by atoms with Gasteiger partial charge in [0.25, 0.3) is 0 Å². The summed E-state index contributed by atoms with van der Waals surface area (Å²) >= 11 is 6.84. The van der Waals surface area contributed by atoms with Crippen LogP contribution < -0.4 is 10.5 Å². The fourth-order valence-electron chi connectivity index (χ4n) is 6.38. The highest BCUT2D eigenvalue weighted by Crippen LogP contribution is 2.37. The number of imidazole rings is 1. The van der Waals surface area contributed by atoms with Gasteiger partial charge in [-0.25, -0.2) is 4.98 Å². The minimum atomic E-state index is -1.25. The molecule has 2 aromatic heterocycles. The maximum atomic E-state index is 6.84. The molecule has 4 atom stereocenters. The van der Waals surface area contributed by atoms with Crippen LogP contribution in [-0.2, 0) is 25.4 Å². The zero-order valence-electron chi connectivity index (χ0n) is 26.6. The third-order valence-electron chi connectivity index (χ3n) is 8.89. The Bertz CT molecular complexity index is 1420. The van der Waals surface area contributed by atoms with Crippen molar-refractivity contribution in [3.05, 3.63) is 40.9 Å². The van der Waals surface area contributed by atoms with Gasteiger partial charge in [-0.15, -0.1) is 0 Å². The van der Waals surface area contributed by atoms with Gasteiger partial charge in [-0.05, 0) is 62.4 Å². The van der Waals surface area contributed by atoms with E-state index in [0.29, 0.717) is 59.7 Å². The van der Waals surface area contributed by atoms with E-state index in [9.17, 15) is 0 Å². The summed E-state index contributed by atoms with van der Waals surface area (Å²) in [6.45, 7) is 13.1. The largest absolute Gasteiger partial charge is 0.456 e. The van der Waals surface area contributed by atoms with Crippen LogP contribution in [0.25, 0.3) is 22.4 Å². The first-order chi connectivity index (χ1) is 21.1. The monoisotopic (exact) mass is 657 g/mol. The second kappa shape index (κ2) is 13.5. The summed E-state index contributed by atoms with van der Waals surface area (Å²) < 4.78 is 33.0. The number of aromatic nitrogens is 3. The summed E-state index contributed by atoms with van der Waals surface area (Å²) in [6.07, 6.45) is 3.70. The van der Waals surface area contributed by atoms with Gasteiger partial charge < -0.3 is 29.1 Å². The lowest BCUT2D eigenvalue weighted by Gasteiger charge is -2.26. The highest BCUT2D eigenvalue weighted by atomic mass is 35.5. The third kappa shape index (κ3) is 7.25. The smallest absolute Gasteiger partial charge is 0.301 e. The summed E-state index contributed by atoms with van der Waals surface area (Å²) in [6, 6.07) is 12.4. The molecule has 1 saturated carbocycles. The lowest BCUT2D eigenvalue weighted by molar-refractivity contribution is 0.00947. The molecule has 3 aliphatic rings. The average Bonchev–Trinajstić information content (AvgIpc) is 3.65. The number of ether oxygens (including phenoxy) is 4. The molecule has 4 unspecified atom stereocenters. The van der Waals surface area contributed by atoms with Crippen molar-refractivity contribution in [3.8, 4) is 17.3 Å². The molecular weight excluding hydrogens is 612 g/mol. The molecule has 44 heavy (non-hydrogen) atoms. The summed E-state index contributed by atoms with van der Waals surface area (Å²) in [4.78, 5) is 9.89. The number of nitrogens with two attached hydrogens (primary N) is 1. The van der Waals surface area contributed by atoms with Crippen LogP contribution in [0.5, 0.6) is 6.01 Å². The molecule has 3 aromatic rings. The van der Waals surface area contributed by atoms with E-state index < -0.39 is 17.1 Å². The van der Waals surface area contributed by atoms with Crippen molar-refractivity contribution in [3.63, 3.8) is 0 Å². The summed E-state index contributed by atoms with van der Waals surface area (Å²) in [5, 5.41) is 0.546. The minimum Gasteiger partial charge on any atom is -0.456 e. The molecule has 2 N–H and O–H groups in total. The molecule has 0 amide bonds. The molecule has 239 valence electrons. The molecule has 0 bridgehead atoms. The second-order valence-corrected chi connectivity index (χ2v) is 22.0. The van der Waals surface area contributed by atoms with Crippen LogP contribution in [0, 0.1) is 0 Å². The van der Waals surface area contributed by atoms with Crippen molar-refractivity contribution in [2.24, 2.45) is 5.73 Å². The predicted molar refractivity (Wildman–Crippen MR) is 178 cm³/mol. The number of nitrogens with zero attached hydrogens (tertiary/aromatic N) is 3.